The molecule has 6 nitrogen and oxygen atoms in total. The summed E-state index contributed by atoms with van der Waals surface area (Å²) in [6, 6.07) is 6.82. The van der Waals surface area contributed by atoms with Gasteiger partial charge in [-0.3, -0.25) is 9.59 Å². The van der Waals surface area contributed by atoms with E-state index < -0.39 is 17.8 Å². The second-order valence-electron chi connectivity index (χ2n) is 7.74. The van der Waals surface area contributed by atoms with Gasteiger partial charge in [-0.1, -0.05) is 12.2 Å². The van der Waals surface area contributed by atoms with E-state index in [1.807, 2.05) is 17.1 Å². The summed E-state index contributed by atoms with van der Waals surface area (Å²) in [5, 5.41) is 14.3. The molecule has 27 heavy (non-hydrogen) atoms. The zero-order valence-corrected chi connectivity index (χ0v) is 15.1. The highest BCUT2D eigenvalue weighted by Gasteiger charge is 2.48. The zero-order chi connectivity index (χ0) is 19.0. The lowest BCUT2D eigenvalue weighted by Crippen LogP contribution is -2.42. The maximum atomic E-state index is 12.7. The average Bonchev–Trinajstić information content (AvgIpc) is 3.30. The number of hydrogen-bond acceptors (Lipinski definition) is 4. The molecule has 1 heterocycles. The third kappa shape index (κ3) is 3.36. The van der Waals surface area contributed by atoms with Gasteiger partial charge in [-0.2, -0.15) is 0 Å². The molecule has 0 aromatic heterocycles. The highest BCUT2D eigenvalue weighted by atomic mass is 16.4. The van der Waals surface area contributed by atoms with Crippen molar-refractivity contribution in [3.63, 3.8) is 0 Å². The number of carbonyl (C=O) groups excluding carboxylic acids is 3. The third-order valence-electron chi connectivity index (χ3n) is 6.08. The SMILES string of the molecule is O=C([O-])[C@@H]1[C@H](C(=O)Nc2ccc(C(=O)N3CCCCC3)cc2)[C@H]2C=C[C@@H]1C2. The number of carbonyl (C=O) groups is 3. The van der Waals surface area contributed by atoms with Gasteiger partial charge in [0.05, 0.1) is 5.92 Å². The summed E-state index contributed by atoms with van der Waals surface area (Å²) in [5.41, 5.74) is 1.17. The molecule has 0 spiro atoms. The van der Waals surface area contributed by atoms with Crippen LogP contribution in [0.15, 0.2) is 36.4 Å². The summed E-state index contributed by atoms with van der Waals surface area (Å²) >= 11 is 0. The predicted molar refractivity (Wildman–Crippen MR) is 97.6 cm³/mol. The van der Waals surface area contributed by atoms with Crippen LogP contribution < -0.4 is 10.4 Å². The first-order valence-corrected chi connectivity index (χ1v) is 9.64. The summed E-state index contributed by atoms with van der Waals surface area (Å²) in [6.07, 6.45) is 7.76. The van der Waals surface area contributed by atoms with Crippen molar-refractivity contribution in [1.29, 1.82) is 0 Å². The van der Waals surface area contributed by atoms with E-state index in [2.05, 4.69) is 5.32 Å². The summed E-state index contributed by atoms with van der Waals surface area (Å²) < 4.78 is 0. The second kappa shape index (κ2) is 7.18. The molecule has 0 radical (unpaired) electrons. The Morgan fingerprint density at radius 2 is 1.56 bits per heavy atom. The van der Waals surface area contributed by atoms with Crippen molar-refractivity contribution in [1.82, 2.24) is 4.90 Å². The van der Waals surface area contributed by atoms with Crippen molar-refractivity contribution in [3.8, 4) is 0 Å². The fourth-order valence-corrected chi connectivity index (χ4v) is 4.70. The molecular weight excluding hydrogens is 344 g/mol. The first-order chi connectivity index (χ1) is 13.0. The molecule has 1 aromatic carbocycles. The van der Waals surface area contributed by atoms with Crippen molar-refractivity contribution in [2.24, 2.45) is 23.7 Å². The molecule has 2 fully saturated rings. The Bertz CT molecular complexity index is 780. The Balaban J connectivity index is 1.42. The largest absolute Gasteiger partial charge is 0.550 e. The van der Waals surface area contributed by atoms with Crippen LogP contribution in [0.1, 0.15) is 36.0 Å². The van der Waals surface area contributed by atoms with Crippen LogP contribution in [0, 0.1) is 23.7 Å². The zero-order valence-electron chi connectivity index (χ0n) is 15.1. The first-order valence-electron chi connectivity index (χ1n) is 9.64. The predicted octanol–water partition coefficient (Wildman–Crippen LogP) is 1.44. The van der Waals surface area contributed by atoms with Gasteiger partial charge >= 0.3 is 0 Å². The summed E-state index contributed by atoms with van der Waals surface area (Å²) in [5.74, 6) is -2.95. The lowest BCUT2D eigenvalue weighted by Gasteiger charge is -2.28. The van der Waals surface area contributed by atoms with Gasteiger partial charge in [0.2, 0.25) is 5.91 Å². The van der Waals surface area contributed by atoms with E-state index in [4.69, 9.17) is 0 Å². The fourth-order valence-electron chi connectivity index (χ4n) is 4.70. The van der Waals surface area contributed by atoms with Crippen molar-refractivity contribution in [3.05, 3.63) is 42.0 Å². The number of carboxylic acids is 1. The van der Waals surface area contributed by atoms with E-state index in [1.165, 1.54) is 6.42 Å². The molecule has 2 bridgehead atoms. The van der Waals surface area contributed by atoms with E-state index in [9.17, 15) is 19.5 Å². The van der Waals surface area contributed by atoms with Crippen LogP contribution in [0.25, 0.3) is 0 Å². The Morgan fingerprint density at radius 1 is 0.926 bits per heavy atom. The van der Waals surface area contributed by atoms with Crippen LogP contribution in [0.4, 0.5) is 5.69 Å². The number of nitrogens with zero attached hydrogens (tertiary/aromatic N) is 1. The number of likely N-dealkylation sites (tertiary alicyclic amines) is 1. The molecule has 1 saturated heterocycles. The Morgan fingerprint density at radius 3 is 2.19 bits per heavy atom. The number of piperidine rings is 1. The van der Waals surface area contributed by atoms with Crippen LogP contribution >= 0.6 is 0 Å². The number of rotatable bonds is 4. The first kappa shape index (κ1) is 17.8. The molecule has 0 unspecified atom stereocenters. The standard InChI is InChI=1S/C21H24N2O4/c24-19(17-14-4-5-15(12-14)18(17)21(26)27)22-16-8-6-13(7-9-16)20(25)23-10-2-1-3-11-23/h4-9,14-15,17-18H,1-3,10-12H2,(H,22,24)(H,26,27)/p-1/t14-,15+,17+,18-/m0/s1. The van der Waals surface area contributed by atoms with Crippen molar-refractivity contribution >= 4 is 23.5 Å². The minimum absolute atomic E-state index is 0.0165. The summed E-state index contributed by atoms with van der Waals surface area (Å²) in [6.45, 7) is 1.58. The molecule has 142 valence electrons. The van der Waals surface area contributed by atoms with Gasteiger partial charge in [-0.25, -0.2) is 0 Å². The van der Waals surface area contributed by atoms with Crippen LogP contribution in [0.3, 0.4) is 0 Å². The molecule has 6 heteroatoms. The maximum Gasteiger partial charge on any atom is 0.253 e. The lowest BCUT2D eigenvalue weighted by atomic mass is 9.82. The number of nitrogens with one attached hydrogen (secondary N) is 1. The second-order valence-corrected chi connectivity index (χ2v) is 7.74. The van der Waals surface area contributed by atoms with Crippen molar-refractivity contribution < 1.29 is 19.5 Å². The normalized spacial score (nSPS) is 29.0. The van der Waals surface area contributed by atoms with Gasteiger partial charge in [0, 0.05) is 36.2 Å². The molecule has 1 N–H and O–H groups in total. The summed E-state index contributed by atoms with van der Waals surface area (Å²) in [7, 11) is 0. The van der Waals surface area contributed by atoms with Gasteiger partial charge in [0.15, 0.2) is 0 Å². The number of fused-ring (bicyclic) bond motifs is 2. The van der Waals surface area contributed by atoms with Crippen molar-refractivity contribution in [2.45, 2.75) is 25.7 Å². The topological polar surface area (TPSA) is 89.5 Å². The number of aliphatic carboxylic acids is 1. The van der Waals surface area contributed by atoms with Gasteiger partial charge in [-0.15, -0.1) is 0 Å². The molecule has 4 atom stereocenters. The monoisotopic (exact) mass is 367 g/mol. The van der Waals surface area contributed by atoms with E-state index in [-0.39, 0.29) is 23.7 Å². The van der Waals surface area contributed by atoms with Gasteiger partial charge in [0.1, 0.15) is 0 Å². The number of amides is 2. The number of allylic oxidation sites excluding steroid dienone is 2. The van der Waals surface area contributed by atoms with E-state index in [0.717, 1.165) is 25.9 Å². The van der Waals surface area contributed by atoms with Gasteiger partial charge in [0.25, 0.3) is 5.91 Å². The van der Waals surface area contributed by atoms with Crippen LogP contribution in [0.5, 0.6) is 0 Å². The molecule has 4 rings (SSSR count). The lowest BCUT2D eigenvalue weighted by molar-refractivity contribution is -0.313. The van der Waals surface area contributed by atoms with Crippen LogP contribution in [-0.2, 0) is 9.59 Å². The smallest absolute Gasteiger partial charge is 0.253 e. The van der Waals surface area contributed by atoms with E-state index >= 15 is 0 Å². The number of carboxylic acid groups (broad SMARTS) is 1. The molecule has 1 saturated carbocycles. The van der Waals surface area contributed by atoms with Crippen molar-refractivity contribution in [2.75, 3.05) is 18.4 Å². The fraction of sp³-hybridized carbons (Fsp3) is 0.476. The number of benzene rings is 1. The van der Waals surface area contributed by atoms with E-state index in [1.54, 1.807) is 24.3 Å². The highest BCUT2D eigenvalue weighted by Crippen LogP contribution is 2.48. The minimum atomic E-state index is -1.16. The van der Waals surface area contributed by atoms with Crippen LogP contribution in [0.2, 0.25) is 0 Å². The maximum absolute atomic E-state index is 12.7. The van der Waals surface area contributed by atoms with E-state index in [0.29, 0.717) is 17.7 Å². The van der Waals surface area contributed by atoms with Gasteiger partial charge in [-0.05, 0) is 61.8 Å². The Labute approximate surface area is 158 Å². The Kier molecular flexibility index (Phi) is 4.72. The third-order valence-corrected chi connectivity index (χ3v) is 6.08. The molecule has 2 amide bonds. The number of anilines is 1. The molecular formula is C21H23N2O4-. The molecule has 1 aliphatic heterocycles. The molecule has 2 aliphatic carbocycles. The average molecular weight is 367 g/mol. The van der Waals surface area contributed by atoms with Gasteiger partial charge < -0.3 is 20.1 Å². The summed E-state index contributed by atoms with van der Waals surface area (Å²) in [4.78, 5) is 38.5. The quantitative estimate of drug-likeness (QED) is 0.816. The van der Waals surface area contributed by atoms with Crippen LogP contribution in [-0.4, -0.2) is 35.8 Å². The number of hydrogen-bond donors (Lipinski definition) is 1. The minimum Gasteiger partial charge on any atom is -0.550 e. The highest BCUT2D eigenvalue weighted by molar-refractivity contribution is 5.98. The molecule has 3 aliphatic rings. The Hall–Kier alpha value is -2.63. The molecule has 1 aromatic rings.